The van der Waals surface area contributed by atoms with E-state index in [1.54, 1.807) is 0 Å². The van der Waals surface area contributed by atoms with E-state index in [2.05, 4.69) is 54.5 Å². The lowest BCUT2D eigenvalue weighted by atomic mass is 9.89. The molecule has 44 heavy (non-hydrogen) atoms. The van der Waals surface area contributed by atoms with Crippen molar-refractivity contribution in [2.45, 2.75) is 46.3 Å². The Morgan fingerprint density at radius 2 is 1.55 bits per heavy atom. The predicted molar refractivity (Wildman–Crippen MR) is 175 cm³/mol. The second-order valence-electron chi connectivity index (χ2n) is 11.9. The quantitative estimate of drug-likeness (QED) is 0.158. The molecule has 232 valence electrons. The lowest BCUT2D eigenvalue weighted by molar-refractivity contribution is -0.135. The largest absolute Gasteiger partial charge is 0.378 e. The van der Waals surface area contributed by atoms with Gasteiger partial charge in [-0.25, -0.2) is 4.39 Å². The van der Waals surface area contributed by atoms with Crippen LogP contribution in [-0.4, -0.2) is 55.5 Å². The van der Waals surface area contributed by atoms with E-state index in [4.69, 9.17) is 9.47 Å². The summed E-state index contributed by atoms with van der Waals surface area (Å²) < 4.78 is 28.5. The van der Waals surface area contributed by atoms with E-state index in [-0.39, 0.29) is 17.6 Å². The Morgan fingerprint density at radius 1 is 0.909 bits per heavy atom. The molecule has 6 nitrogen and oxygen atoms in total. The molecule has 7 heteroatoms. The fraction of sp³-hybridized carbons (Fsp3) is 0.378. The predicted octanol–water partition coefficient (Wildman–Crippen LogP) is 7.58. The van der Waals surface area contributed by atoms with Crippen LogP contribution in [0.5, 0.6) is 0 Å². The van der Waals surface area contributed by atoms with Crippen molar-refractivity contribution in [1.82, 2.24) is 9.47 Å². The Bertz CT molecular complexity index is 1500. The zero-order valence-electron chi connectivity index (χ0n) is 26.3. The second kappa shape index (κ2) is 14.7. The standard InChI is InChI=1S/C37H44FN3O3/c1-27(2)28(3)36-33(25-44-26-39(4)32-13-9-6-10-14-32)35(29-11-7-5-8-12-29)37(30-15-17-31(38)18-16-30)41(36)20-19-34(42)40-21-23-43-24-22-40/h5-18,27-28H,19-26H2,1-4H3. The molecule has 0 radical (unpaired) electrons. The number of hydrogen-bond acceptors (Lipinski definition) is 4. The first kappa shape index (κ1) is 31.5. The molecule has 1 saturated heterocycles. The van der Waals surface area contributed by atoms with E-state index in [1.165, 1.54) is 12.1 Å². The van der Waals surface area contributed by atoms with Crippen LogP contribution in [0.15, 0.2) is 84.9 Å². The molecular weight excluding hydrogens is 553 g/mol. The number of benzene rings is 3. The number of rotatable bonds is 12. The van der Waals surface area contributed by atoms with Crippen LogP contribution < -0.4 is 4.90 Å². The molecule has 3 aromatic carbocycles. The highest BCUT2D eigenvalue weighted by Crippen LogP contribution is 2.44. The lowest BCUT2D eigenvalue weighted by Crippen LogP contribution is -2.41. The van der Waals surface area contributed by atoms with Crippen LogP contribution in [0.1, 0.15) is 44.4 Å². The molecule has 1 atom stereocenters. The minimum absolute atomic E-state index is 0.124. The monoisotopic (exact) mass is 597 g/mol. The van der Waals surface area contributed by atoms with E-state index in [1.807, 2.05) is 60.5 Å². The van der Waals surface area contributed by atoms with Gasteiger partial charge in [-0.1, -0.05) is 69.3 Å². The van der Waals surface area contributed by atoms with Crippen molar-refractivity contribution < 1.29 is 18.7 Å². The molecule has 1 aromatic heterocycles. The number of morpholine rings is 1. The number of ether oxygens (including phenoxy) is 2. The van der Waals surface area contributed by atoms with Gasteiger partial charge in [-0.05, 0) is 59.4 Å². The number of para-hydroxylation sites is 1. The molecule has 0 aliphatic carbocycles. The Balaban J connectivity index is 1.62. The number of carbonyl (C=O) groups excluding carboxylic acids is 1. The normalized spacial score (nSPS) is 14.2. The first-order valence-electron chi connectivity index (χ1n) is 15.6. The lowest BCUT2D eigenvalue weighted by Gasteiger charge is -2.28. The third kappa shape index (κ3) is 7.22. The van der Waals surface area contributed by atoms with Crippen molar-refractivity contribution in [3.05, 3.63) is 102 Å². The van der Waals surface area contributed by atoms with Gasteiger partial charge < -0.3 is 23.8 Å². The summed E-state index contributed by atoms with van der Waals surface area (Å²) in [5.74, 6) is 0.363. The third-order valence-corrected chi connectivity index (χ3v) is 8.66. The molecule has 0 N–H and O–H groups in total. The molecule has 0 bridgehead atoms. The van der Waals surface area contributed by atoms with E-state index >= 15 is 0 Å². The number of anilines is 1. The number of amides is 1. The Hall–Kier alpha value is -3.94. The molecule has 1 unspecified atom stereocenters. The van der Waals surface area contributed by atoms with Gasteiger partial charge in [-0.3, -0.25) is 4.79 Å². The van der Waals surface area contributed by atoms with Crippen LogP contribution in [0.2, 0.25) is 0 Å². The molecule has 1 amide bonds. The van der Waals surface area contributed by atoms with Gasteiger partial charge in [0.15, 0.2) is 0 Å². The maximum Gasteiger partial charge on any atom is 0.224 e. The highest BCUT2D eigenvalue weighted by atomic mass is 19.1. The zero-order valence-corrected chi connectivity index (χ0v) is 26.3. The molecule has 5 rings (SSSR count). The van der Waals surface area contributed by atoms with Crippen LogP contribution in [-0.2, 0) is 27.4 Å². The van der Waals surface area contributed by atoms with Gasteiger partial charge in [0.25, 0.3) is 0 Å². The van der Waals surface area contributed by atoms with Gasteiger partial charge in [0, 0.05) is 55.6 Å². The molecule has 4 aromatic rings. The molecule has 1 aliphatic heterocycles. The van der Waals surface area contributed by atoms with E-state index < -0.39 is 0 Å². The maximum absolute atomic E-state index is 14.2. The number of hydrogen-bond donors (Lipinski definition) is 0. The average molecular weight is 598 g/mol. The summed E-state index contributed by atoms with van der Waals surface area (Å²) in [4.78, 5) is 17.4. The van der Waals surface area contributed by atoms with E-state index in [0.29, 0.717) is 58.5 Å². The molecule has 0 saturated carbocycles. The second-order valence-corrected chi connectivity index (χ2v) is 11.9. The van der Waals surface area contributed by atoms with Gasteiger partial charge in [0.05, 0.1) is 25.5 Å². The Morgan fingerprint density at radius 3 is 2.18 bits per heavy atom. The zero-order chi connectivity index (χ0) is 31.1. The van der Waals surface area contributed by atoms with Crippen molar-refractivity contribution in [3.8, 4) is 22.4 Å². The summed E-state index contributed by atoms with van der Waals surface area (Å²) in [5, 5.41) is 0. The summed E-state index contributed by atoms with van der Waals surface area (Å²) >= 11 is 0. The maximum atomic E-state index is 14.2. The fourth-order valence-corrected chi connectivity index (χ4v) is 5.95. The van der Waals surface area contributed by atoms with Gasteiger partial charge >= 0.3 is 0 Å². The van der Waals surface area contributed by atoms with Gasteiger partial charge in [0.1, 0.15) is 12.5 Å². The van der Waals surface area contributed by atoms with Crippen LogP contribution >= 0.6 is 0 Å². The van der Waals surface area contributed by atoms with Crippen molar-refractivity contribution >= 4 is 11.6 Å². The minimum Gasteiger partial charge on any atom is -0.378 e. The fourth-order valence-electron chi connectivity index (χ4n) is 5.95. The molecular formula is C37H44FN3O3. The SMILES string of the molecule is CC(C)C(C)c1c(COCN(C)c2ccccc2)c(-c2ccccc2)c(-c2ccc(F)cc2)n1CCC(=O)N1CCOCC1. The van der Waals surface area contributed by atoms with Crippen LogP contribution in [0.4, 0.5) is 10.1 Å². The van der Waals surface area contributed by atoms with Gasteiger partial charge in [0.2, 0.25) is 5.91 Å². The van der Waals surface area contributed by atoms with E-state index in [9.17, 15) is 9.18 Å². The smallest absolute Gasteiger partial charge is 0.224 e. The Labute approximate surface area is 261 Å². The average Bonchev–Trinajstić information content (AvgIpc) is 3.38. The number of nitrogens with zero attached hydrogens (tertiary/aromatic N) is 3. The summed E-state index contributed by atoms with van der Waals surface area (Å²) in [5.41, 5.74) is 7.39. The van der Waals surface area contributed by atoms with Gasteiger partial charge in [-0.15, -0.1) is 0 Å². The minimum atomic E-state index is -0.279. The summed E-state index contributed by atoms with van der Waals surface area (Å²) in [6, 6.07) is 27.2. The third-order valence-electron chi connectivity index (χ3n) is 8.66. The van der Waals surface area contributed by atoms with Gasteiger partial charge in [-0.2, -0.15) is 0 Å². The highest BCUT2D eigenvalue weighted by Gasteiger charge is 2.30. The Kier molecular flexibility index (Phi) is 10.5. The highest BCUT2D eigenvalue weighted by molar-refractivity contribution is 5.86. The molecule has 1 fully saturated rings. The first-order chi connectivity index (χ1) is 21.3. The van der Waals surface area contributed by atoms with Crippen LogP contribution in [0, 0.1) is 11.7 Å². The molecule has 0 spiro atoms. The number of aromatic nitrogens is 1. The van der Waals surface area contributed by atoms with Crippen molar-refractivity contribution in [1.29, 1.82) is 0 Å². The van der Waals surface area contributed by atoms with Crippen molar-refractivity contribution in [3.63, 3.8) is 0 Å². The van der Waals surface area contributed by atoms with Crippen LogP contribution in [0.25, 0.3) is 22.4 Å². The first-order valence-corrected chi connectivity index (χ1v) is 15.6. The van der Waals surface area contributed by atoms with E-state index in [0.717, 1.165) is 39.3 Å². The van der Waals surface area contributed by atoms with Crippen LogP contribution in [0.3, 0.4) is 0 Å². The van der Waals surface area contributed by atoms with Crippen molar-refractivity contribution in [2.75, 3.05) is 45.0 Å². The molecule has 2 heterocycles. The summed E-state index contributed by atoms with van der Waals surface area (Å²) in [6.07, 6.45) is 0.367. The molecule has 1 aliphatic rings. The summed E-state index contributed by atoms with van der Waals surface area (Å²) in [7, 11) is 2.03. The number of carbonyl (C=O) groups is 1. The summed E-state index contributed by atoms with van der Waals surface area (Å²) in [6.45, 7) is 10.4. The van der Waals surface area contributed by atoms with Crippen molar-refractivity contribution in [2.24, 2.45) is 5.92 Å². The topological polar surface area (TPSA) is 46.9 Å². The number of halogens is 1.